The molecule has 1 atom stereocenters. The summed E-state index contributed by atoms with van der Waals surface area (Å²) in [4.78, 5) is 4.95. The van der Waals surface area contributed by atoms with Gasteiger partial charge in [0.15, 0.2) is 17.8 Å². The van der Waals surface area contributed by atoms with Crippen molar-refractivity contribution in [2.24, 2.45) is 0 Å². The topological polar surface area (TPSA) is 52.6 Å². The maximum atomic E-state index is 5.78. The maximum absolute atomic E-state index is 5.78. The summed E-state index contributed by atoms with van der Waals surface area (Å²) in [6.45, 7) is 6.74. The lowest BCUT2D eigenvalue weighted by Gasteiger charge is -2.34. The first kappa shape index (κ1) is 23.3. The van der Waals surface area contributed by atoms with Crippen LogP contribution in [0.1, 0.15) is 11.1 Å². The molecule has 0 aromatic heterocycles. The van der Waals surface area contributed by atoms with Gasteiger partial charge in [0.05, 0.1) is 14.2 Å². The fourth-order valence-corrected chi connectivity index (χ4v) is 4.12. The van der Waals surface area contributed by atoms with E-state index in [9.17, 15) is 0 Å². The minimum Gasteiger partial charge on any atom is -0.493 e. The Morgan fingerprint density at radius 2 is 1.58 bits per heavy atom. The van der Waals surface area contributed by atoms with E-state index in [1.54, 1.807) is 20.5 Å². The number of benzene rings is 2. The standard InChI is InChI=1S/C26H34N2O5/c1-29-23-9-8-22(18-24(23)30-2)10-11-27-12-14-28(15-13-27)16-17-31-26-20-32-25(33-26)19-21-6-4-3-5-7-21/h3-9,18,20,25H,10-17,19H2,1-2H3. The van der Waals surface area contributed by atoms with Crippen molar-refractivity contribution < 1.29 is 23.7 Å². The van der Waals surface area contributed by atoms with Crippen molar-refractivity contribution in [1.82, 2.24) is 9.80 Å². The number of rotatable bonds is 11. The van der Waals surface area contributed by atoms with Crippen LogP contribution in [-0.4, -0.2) is 76.2 Å². The van der Waals surface area contributed by atoms with Crippen molar-refractivity contribution >= 4 is 0 Å². The number of piperazine rings is 1. The first-order valence-electron chi connectivity index (χ1n) is 11.6. The van der Waals surface area contributed by atoms with E-state index >= 15 is 0 Å². The lowest BCUT2D eigenvalue weighted by atomic mass is 10.1. The number of ether oxygens (including phenoxy) is 5. The zero-order valence-corrected chi connectivity index (χ0v) is 19.6. The highest BCUT2D eigenvalue weighted by Gasteiger charge is 2.22. The van der Waals surface area contributed by atoms with E-state index in [0.717, 1.165) is 57.2 Å². The molecule has 0 amide bonds. The van der Waals surface area contributed by atoms with Gasteiger partial charge in [-0.1, -0.05) is 36.4 Å². The van der Waals surface area contributed by atoms with E-state index in [2.05, 4.69) is 34.1 Å². The largest absolute Gasteiger partial charge is 0.493 e. The predicted octanol–water partition coefficient (Wildman–Crippen LogP) is 3.30. The first-order valence-corrected chi connectivity index (χ1v) is 11.6. The lowest BCUT2D eigenvalue weighted by molar-refractivity contribution is -0.0716. The number of hydrogen-bond acceptors (Lipinski definition) is 7. The Kier molecular flexibility index (Phi) is 8.33. The third kappa shape index (κ3) is 6.79. The smallest absolute Gasteiger partial charge is 0.318 e. The van der Waals surface area contributed by atoms with E-state index in [1.165, 1.54) is 11.1 Å². The Labute approximate surface area is 196 Å². The Bertz CT molecular complexity index is 897. The van der Waals surface area contributed by atoms with Crippen LogP contribution in [0.15, 0.2) is 60.7 Å². The van der Waals surface area contributed by atoms with Crippen molar-refractivity contribution in [2.45, 2.75) is 19.1 Å². The summed E-state index contributed by atoms with van der Waals surface area (Å²) in [5, 5.41) is 0. The monoisotopic (exact) mass is 454 g/mol. The van der Waals surface area contributed by atoms with Crippen LogP contribution in [0.3, 0.4) is 0 Å². The molecule has 2 heterocycles. The van der Waals surface area contributed by atoms with Gasteiger partial charge in [-0.2, -0.15) is 0 Å². The summed E-state index contributed by atoms with van der Waals surface area (Å²) in [7, 11) is 3.34. The predicted molar refractivity (Wildman–Crippen MR) is 126 cm³/mol. The van der Waals surface area contributed by atoms with Gasteiger partial charge in [-0.15, -0.1) is 0 Å². The molecule has 7 heteroatoms. The highest BCUT2D eigenvalue weighted by atomic mass is 16.8. The number of hydrogen-bond donors (Lipinski definition) is 0. The highest BCUT2D eigenvalue weighted by Crippen LogP contribution is 2.27. The van der Waals surface area contributed by atoms with Crippen molar-refractivity contribution in [3.63, 3.8) is 0 Å². The molecule has 0 N–H and O–H groups in total. The third-order valence-electron chi connectivity index (χ3n) is 6.09. The summed E-state index contributed by atoms with van der Waals surface area (Å²) in [6, 6.07) is 16.3. The maximum Gasteiger partial charge on any atom is 0.318 e. The zero-order chi connectivity index (χ0) is 22.9. The average Bonchev–Trinajstić information content (AvgIpc) is 3.31. The molecule has 0 aliphatic carbocycles. The van der Waals surface area contributed by atoms with Gasteiger partial charge in [0.1, 0.15) is 6.61 Å². The molecular weight excluding hydrogens is 420 g/mol. The Morgan fingerprint density at radius 1 is 0.848 bits per heavy atom. The third-order valence-corrected chi connectivity index (χ3v) is 6.09. The molecule has 1 fully saturated rings. The summed E-state index contributed by atoms with van der Waals surface area (Å²) >= 11 is 0. The molecule has 1 saturated heterocycles. The van der Waals surface area contributed by atoms with Crippen LogP contribution in [0, 0.1) is 0 Å². The molecule has 2 aromatic rings. The molecule has 1 unspecified atom stereocenters. The summed E-state index contributed by atoms with van der Waals surface area (Å²) in [6.07, 6.45) is 2.98. The van der Waals surface area contributed by atoms with Crippen LogP contribution in [0.5, 0.6) is 11.5 Å². The van der Waals surface area contributed by atoms with E-state index < -0.39 is 0 Å². The fraction of sp³-hybridized carbons (Fsp3) is 0.462. The van der Waals surface area contributed by atoms with Gasteiger partial charge in [0.25, 0.3) is 0 Å². The Hall–Kier alpha value is -2.90. The van der Waals surface area contributed by atoms with E-state index in [0.29, 0.717) is 19.0 Å². The fourth-order valence-electron chi connectivity index (χ4n) is 4.12. The number of methoxy groups -OCH3 is 2. The van der Waals surface area contributed by atoms with Gasteiger partial charge in [0, 0.05) is 45.7 Å². The molecule has 7 nitrogen and oxygen atoms in total. The molecule has 4 rings (SSSR count). The molecular formula is C26H34N2O5. The van der Waals surface area contributed by atoms with Crippen LogP contribution in [0.2, 0.25) is 0 Å². The van der Waals surface area contributed by atoms with Crippen molar-refractivity contribution in [3.05, 3.63) is 71.9 Å². The molecule has 2 aromatic carbocycles. The molecule has 0 spiro atoms. The minimum absolute atomic E-state index is 0.309. The molecule has 0 bridgehead atoms. The summed E-state index contributed by atoms with van der Waals surface area (Å²) in [5.74, 6) is 2.04. The summed E-state index contributed by atoms with van der Waals surface area (Å²) < 4.78 is 27.8. The lowest BCUT2D eigenvalue weighted by Crippen LogP contribution is -2.47. The molecule has 0 saturated carbocycles. The molecule has 2 aliphatic heterocycles. The van der Waals surface area contributed by atoms with Crippen LogP contribution in [0.4, 0.5) is 0 Å². The van der Waals surface area contributed by atoms with Crippen LogP contribution in [0.25, 0.3) is 0 Å². The highest BCUT2D eigenvalue weighted by molar-refractivity contribution is 5.42. The number of nitrogens with zero attached hydrogens (tertiary/aromatic N) is 2. The second-order valence-electron chi connectivity index (χ2n) is 8.28. The van der Waals surface area contributed by atoms with Crippen LogP contribution >= 0.6 is 0 Å². The van der Waals surface area contributed by atoms with Gasteiger partial charge in [-0.25, -0.2) is 0 Å². The normalized spacial score (nSPS) is 18.8. The SMILES string of the molecule is COc1ccc(CCN2CCN(CCOC3=COC(Cc4ccccc4)O3)CC2)cc1OC. The van der Waals surface area contributed by atoms with Crippen molar-refractivity contribution in [3.8, 4) is 11.5 Å². The molecule has 0 radical (unpaired) electrons. The molecule has 178 valence electrons. The quantitative estimate of drug-likeness (QED) is 0.516. The van der Waals surface area contributed by atoms with Crippen LogP contribution in [-0.2, 0) is 27.1 Å². The van der Waals surface area contributed by atoms with Gasteiger partial charge in [0.2, 0.25) is 6.29 Å². The first-order chi connectivity index (χ1) is 16.2. The van der Waals surface area contributed by atoms with Gasteiger partial charge in [-0.3, -0.25) is 4.90 Å². The van der Waals surface area contributed by atoms with Crippen molar-refractivity contribution in [2.75, 3.05) is 60.1 Å². The zero-order valence-electron chi connectivity index (χ0n) is 19.6. The van der Waals surface area contributed by atoms with Gasteiger partial charge >= 0.3 is 5.95 Å². The van der Waals surface area contributed by atoms with Crippen LogP contribution < -0.4 is 9.47 Å². The molecule has 2 aliphatic rings. The second kappa shape index (κ2) is 11.8. The van der Waals surface area contributed by atoms with Crippen molar-refractivity contribution in [1.29, 1.82) is 0 Å². The average molecular weight is 455 g/mol. The van der Waals surface area contributed by atoms with Gasteiger partial charge in [-0.05, 0) is 29.7 Å². The Balaban J connectivity index is 1.10. The minimum atomic E-state index is -0.309. The van der Waals surface area contributed by atoms with Gasteiger partial charge < -0.3 is 28.6 Å². The van der Waals surface area contributed by atoms with E-state index in [-0.39, 0.29) is 6.29 Å². The molecule has 33 heavy (non-hydrogen) atoms. The van der Waals surface area contributed by atoms with E-state index in [4.69, 9.17) is 23.7 Å². The van der Waals surface area contributed by atoms with E-state index in [1.807, 2.05) is 24.3 Å². The second-order valence-corrected chi connectivity index (χ2v) is 8.28. The Morgan fingerprint density at radius 3 is 2.30 bits per heavy atom. The summed E-state index contributed by atoms with van der Waals surface area (Å²) in [5.41, 5.74) is 2.45.